The first-order valence-corrected chi connectivity index (χ1v) is 6.61. The topological polar surface area (TPSA) is 35.8 Å². The van der Waals surface area contributed by atoms with Gasteiger partial charge in [-0.05, 0) is 46.0 Å². The maximum absolute atomic E-state index is 9.41. The summed E-state index contributed by atoms with van der Waals surface area (Å²) < 4.78 is 0. The van der Waals surface area contributed by atoms with E-state index in [9.17, 15) is 5.26 Å². The largest absolute Gasteiger partial charge is 0.295 e. The summed E-state index contributed by atoms with van der Waals surface area (Å²) in [6.45, 7) is 8.67. The molecule has 1 N–H and O–H groups in total. The molecule has 2 nitrogen and oxygen atoms in total. The highest BCUT2D eigenvalue weighted by Gasteiger charge is 2.41. The molecule has 1 rings (SSSR count). The van der Waals surface area contributed by atoms with E-state index in [0.717, 1.165) is 18.8 Å². The third-order valence-electron chi connectivity index (χ3n) is 3.41. The summed E-state index contributed by atoms with van der Waals surface area (Å²) in [4.78, 5) is 0. The predicted octanol–water partition coefficient (Wildman–Crippen LogP) is 3.63. The molecule has 1 aliphatic carbocycles. The molecule has 0 radical (unpaired) electrons. The molecule has 2 heteroatoms. The van der Waals surface area contributed by atoms with Gasteiger partial charge in [0.05, 0.1) is 6.07 Å². The Bertz CT molecular complexity index is 259. The van der Waals surface area contributed by atoms with Crippen LogP contribution in [0.5, 0.6) is 0 Å². The van der Waals surface area contributed by atoms with Gasteiger partial charge in [0.2, 0.25) is 0 Å². The molecule has 1 aliphatic rings. The SMILES string of the molecule is CCCCC1CCC(C#N)(NC(C)(C)C)C1. The summed E-state index contributed by atoms with van der Waals surface area (Å²) >= 11 is 0. The first kappa shape index (κ1) is 13.5. The number of hydrogen-bond donors (Lipinski definition) is 1. The molecule has 1 fully saturated rings. The molecule has 0 bridgehead atoms. The van der Waals surface area contributed by atoms with Crippen LogP contribution < -0.4 is 5.32 Å². The van der Waals surface area contributed by atoms with Crippen LogP contribution in [0, 0.1) is 17.2 Å². The van der Waals surface area contributed by atoms with Crippen LogP contribution in [0.3, 0.4) is 0 Å². The van der Waals surface area contributed by atoms with Gasteiger partial charge < -0.3 is 0 Å². The average molecular weight is 222 g/mol. The van der Waals surface area contributed by atoms with Crippen molar-refractivity contribution in [1.82, 2.24) is 5.32 Å². The standard InChI is InChI=1S/C14H26N2/c1-5-6-7-12-8-9-14(10-12,11-15)16-13(2,3)4/h12,16H,5-10H2,1-4H3. The number of nitriles is 1. The Morgan fingerprint density at radius 2 is 2.12 bits per heavy atom. The molecule has 0 saturated heterocycles. The Morgan fingerprint density at radius 1 is 1.44 bits per heavy atom. The average Bonchev–Trinajstić information content (AvgIpc) is 2.57. The van der Waals surface area contributed by atoms with Crippen molar-refractivity contribution in [1.29, 1.82) is 5.26 Å². The lowest BCUT2D eigenvalue weighted by atomic mass is 9.92. The molecular weight excluding hydrogens is 196 g/mol. The van der Waals surface area contributed by atoms with Crippen molar-refractivity contribution >= 4 is 0 Å². The zero-order valence-corrected chi connectivity index (χ0v) is 11.3. The molecule has 92 valence electrons. The van der Waals surface area contributed by atoms with Gasteiger partial charge in [-0.2, -0.15) is 5.26 Å². The van der Waals surface area contributed by atoms with Gasteiger partial charge in [-0.1, -0.05) is 26.2 Å². The molecule has 16 heavy (non-hydrogen) atoms. The molecule has 0 aliphatic heterocycles. The van der Waals surface area contributed by atoms with E-state index < -0.39 is 0 Å². The molecule has 0 heterocycles. The number of hydrogen-bond acceptors (Lipinski definition) is 2. The van der Waals surface area contributed by atoms with Crippen molar-refractivity contribution in [3.63, 3.8) is 0 Å². The Labute approximate surface area is 100 Å². The van der Waals surface area contributed by atoms with Crippen molar-refractivity contribution in [2.75, 3.05) is 0 Å². The highest BCUT2D eigenvalue weighted by molar-refractivity contribution is 5.13. The lowest BCUT2D eigenvalue weighted by molar-refractivity contribution is 0.293. The van der Waals surface area contributed by atoms with Gasteiger partial charge in [-0.3, -0.25) is 5.32 Å². The number of nitrogens with one attached hydrogen (secondary N) is 1. The first-order valence-electron chi connectivity index (χ1n) is 6.61. The molecule has 0 aromatic rings. The number of nitrogens with zero attached hydrogens (tertiary/aromatic N) is 1. The zero-order valence-electron chi connectivity index (χ0n) is 11.3. The van der Waals surface area contributed by atoms with E-state index in [1.54, 1.807) is 0 Å². The minimum atomic E-state index is -0.253. The maximum Gasteiger partial charge on any atom is 0.107 e. The second-order valence-electron chi connectivity index (χ2n) is 6.32. The van der Waals surface area contributed by atoms with Crippen LogP contribution >= 0.6 is 0 Å². The van der Waals surface area contributed by atoms with Crippen molar-refractivity contribution < 1.29 is 0 Å². The number of unbranched alkanes of at least 4 members (excludes halogenated alkanes) is 1. The van der Waals surface area contributed by atoms with Gasteiger partial charge in [-0.25, -0.2) is 0 Å². The summed E-state index contributed by atoms with van der Waals surface area (Å²) in [6.07, 6.45) is 7.16. The third-order valence-corrected chi connectivity index (χ3v) is 3.41. The van der Waals surface area contributed by atoms with Crippen molar-refractivity contribution in [3.05, 3.63) is 0 Å². The molecule has 0 aromatic heterocycles. The monoisotopic (exact) mass is 222 g/mol. The van der Waals surface area contributed by atoms with E-state index in [0.29, 0.717) is 0 Å². The van der Waals surface area contributed by atoms with Crippen molar-refractivity contribution in [3.8, 4) is 6.07 Å². The fraction of sp³-hybridized carbons (Fsp3) is 0.929. The quantitative estimate of drug-likeness (QED) is 0.788. The minimum Gasteiger partial charge on any atom is -0.295 e. The van der Waals surface area contributed by atoms with Crippen LogP contribution in [0.15, 0.2) is 0 Å². The van der Waals surface area contributed by atoms with E-state index >= 15 is 0 Å². The Morgan fingerprint density at radius 3 is 2.62 bits per heavy atom. The molecule has 2 unspecified atom stereocenters. The molecule has 1 saturated carbocycles. The molecule has 0 aromatic carbocycles. The van der Waals surface area contributed by atoms with Gasteiger partial charge in [-0.15, -0.1) is 0 Å². The zero-order chi connectivity index (χ0) is 12.2. The Balaban J connectivity index is 2.55. The highest BCUT2D eigenvalue weighted by atomic mass is 15.0. The summed E-state index contributed by atoms with van der Waals surface area (Å²) in [5, 5.41) is 12.9. The number of rotatable bonds is 4. The van der Waals surface area contributed by atoms with E-state index in [2.05, 4.69) is 39.1 Å². The first-order chi connectivity index (χ1) is 7.41. The van der Waals surface area contributed by atoms with E-state index in [1.165, 1.54) is 25.7 Å². The van der Waals surface area contributed by atoms with Gasteiger partial charge in [0.15, 0.2) is 0 Å². The summed E-state index contributed by atoms with van der Waals surface area (Å²) in [5.41, 5.74) is -0.216. The van der Waals surface area contributed by atoms with E-state index in [-0.39, 0.29) is 11.1 Å². The molecule has 0 spiro atoms. The molecule has 2 atom stereocenters. The maximum atomic E-state index is 9.41. The van der Waals surface area contributed by atoms with Gasteiger partial charge in [0.25, 0.3) is 0 Å². The van der Waals surface area contributed by atoms with Gasteiger partial charge in [0.1, 0.15) is 5.54 Å². The van der Waals surface area contributed by atoms with Crippen LogP contribution in [-0.2, 0) is 0 Å². The Kier molecular flexibility index (Phi) is 4.38. The Hall–Kier alpha value is -0.550. The van der Waals surface area contributed by atoms with Gasteiger partial charge >= 0.3 is 0 Å². The summed E-state index contributed by atoms with van der Waals surface area (Å²) in [5.74, 6) is 0.759. The normalized spacial score (nSPS) is 30.3. The van der Waals surface area contributed by atoms with Crippen LogP contribution in [0.1, 0.15) is 66.2 Å². The van der Waals surface area contributed by atoms with Crippen molar-refractivity contribution in [2.45, 2.75) is 77.3 Å². The van der Waals surface area contributed by atoms with E-state index in [4.69, 9.17) is 0 Å². The van der Waals surface area contributed by atoms with Gasteiger partial charge in [0, 0.05) is 5.54 Å². The van der Waals surface area contributed by atoms with E-state index in [1.807, 2.05) is 0 Å². The smallest absolute Gasteiger partial charge is 0.107 e. The van der Waals surface area contributed by atoms with Crippen LogP contribution in [0.25, 0.3) is 0 Å². The second-order valence-corrected chi connectivity index (χ2v) is 6.32. The fourth-order valence-corrected chi connectivity index (χ4v) is 2.85. The van der Waals surface area contributed by atoms with Crippen LogP contribution in [0.4, 0.5) is 0 Å². The minimum absolute atomic E-state index is 0.0371. The lowest BCUT2D eigenvalue weighted by Gasteiger charge is -2.32. The summed E-state index contributed by atoms with van der Waals surface area (Å²) in [6, 6.07) is 2.53. The highest BCUT2D eigenvalue weighted by Crippen LogP contribution is 2.38. The lowest BCUT2D eigenvalue weighted by Crippen LogP contribution is -2.51. The molecular formula is C14H26N2. The van der Waals surface area contributed by atoms with Crippen LogP contribution in [-0.4, -0.2) is 11.1 Å². The predicted molar refractivity (Wildman–Crippen MR) is 68.1 cm³/mol. The van der Waals surface area contributed by atoms with Crippen LogP contribution in [0.2, 0.25) is 0 Å². The summed E-state index contributed by atoms with van der Waals surface area (Å²) in [7, 11) is 0. The second kappa shape index (κ2) is 5.19. The fourth-order valence-electron chi connectivity index (χ4n) is 2.85. The third kappa shape index (κ3) is 3.79. The molecule has 0 amide bonds. The van der Waals surface area contributed by atoms with Crippen molar-refractivity contribution in [2.24, 2.45) is 5.92 Å².